The zero-order chi connectivity index (χ0) is 12.0. The first-order valence-corrected chi connectivity index (χ1v) is 5.33. The first kappa shape index (κ1) is 12.1. The molecule has 0 saturated heterocycles. The molecule has 0 aromatic rings. The maximum Gasteiger partial charge on any atom is 0.176 e. The van der Waals surface area contributed by atoms with E-state index >= 15 is 0 Å². The lowest BCUT2D eigenvalue weighted by molar-refractivity contribution is 0.493. The van der Waals surface area contributed by atoms with E-state index in [-0.39, 0.29) is 12.3 Å². The van der Waals surface area contributed by atoms with Gasteiger partial charge >= 0.3 is 0 Å². The van der Waals surface area contributed by atoms with Crippen LogP contribution in [0.1, 0.15) is 25.7 Å². The van der Waals surface area contributed by atoms with Crippen molar-refractivity contribution < 1.29 is 0 Å². The van der Waals surface area contributed by atoms with Crippen molar-refractivity contribution >= 4 is 0 Å². The fourth-order valence-corrected chi connectivity index (χ4v) is 2.13. The molecule has 1 aliphatic rings. The van der Waals surface area contributed by atoms with Gasteiger partial charge in [-0.1, -0.05) is 12.2 Å². The van der Waals surface area contributed by atoms with Crippen molar-refractivity contribution in [2.24, 2.45) is 11.3 Å². The van der Waals surface area contributed by atoms with Crippen LogP contribution in [0.2, 0.25) is 0 Å². The second-order valence-electron chi connectivity index (χ2n) is 3.94. The predicted molar refractivity (Wildman–Crippen MR) is 62.7 cm³/mol. The molecule has 0 radical (unpaired) electrons. The highest BCUT2D eigenvalue weighted by Crippen LogP contribution is 2.40. The van der Waals surface area contributed by atoms with Gasteiger partial charge in [0.25, 0.3) is 0 Å². The van der Waals surface area contributed by atoms with Crippen molar-refractivity contribution in [3.05, 3.63) is 24.3 Å². The molecule has 0 spiro atoms. The van der Waals surface area contributed by atoms with Gasteiger partial charge in [-0.05, 0) is 24.8 Å². The number of nitrogens with zero attached hydrogens (tertiary/aromatic N) is 2. The first-order chi connectivity index (χ1) is 7.74. The van der Waals surface area contributed by atoms with E-state index in [9.17, 15) is 10.5 Å². The van der Waals surface area contributed by atoms with Crippen molar-refractivity contribution in [2.75, 3.05) is 0 Å². The molecular weight excluding hydrogens is 196 g/mol. The summed E-state index contributed by atoms with van der Waals surface area (Å²) < 4.78 is 0. The standard InChI is InChI=1S/C14H14N2/c1-3-9-14(10-15,11-16)13-8-6-5-7-12(13)4-2/h1,4,8,12H,2,5-7,9H2. The lowest BCUT2D eigenvalue weighted by atomic mass is 9.70. The van der Waals surface area contributed by atoms with Crippen LogP contribution in [-0.4, -0.2) is 0 Å². The van der Waals surface area contributed by atoms with Crippen LogP contribution in [0.3, 0.4) is 0 Å². The molecule has 2 nitrogen and oxygen atoms in total. The van der Waals surface area contributed by atoms with Crippen LogP contribution in [0, 0.1) is 46.3 Å². The van der Waals surface area contributed by atoms with Gasteiger partial charge in [0.15, 0.2) is 5.41 Å². The number of allylic oxidation sites excluding steroid dienone is 3. The smallest absolute Gasteiger partial charge is 0.176 e. The Morgan fingerprint density at radius 1 is 1.56 bits per heavy atom. The van der Waals surface area contributed by atoms with Crippen molar-refractivity contribution in [3.63, 3.8) is 0 Å². The Morgan fingerprint density at radius 2 is 2.25 bits per heavy atom. The van der Waals surface area contributed by atoms with Crippen LogP contribution in [0.5, 0.6) is 0 Å². The van der Waals surface area contributed by atoms with Gasteiger partial charge in [0, 0.05) is 12.3 Å². The van der Waals surface area contributed by atoms with E-state index in [1.807, 2.05) is 12.2 Å². The third-order valence-corrected chi connectivity index (χ3v) is 3.01. The van der Waals surface area contributed by atoms with Gasteiger partial charge in [-0.2, -0.15) is 10.5 Å². The van der Waals surface area contributed by atoms with E-state index in [4.69, 9.17) is 6.42 Å². The Kier molecular flexibility index (Phi) is 3.93. The number of rotatable bonds is 3. The maximum absolute atomic E-state index is 9.23. The van der Waals surface area contributed by atoms with Crippen molar-refractivity contribution in [1.29, 1.82) is 10.5 Å². The predicted octanol–water partition coefficient (Wildman–Crippen LogP) is 2.96. The lowest BCUT2D eigenvalue weighted by Gasteiger charge is -2.29. The van der Waals surface area contributed by atoms with Gasteiger partial charge in [0.05, 0.1) is 12.1 Å². The van der Waals surface area contributed by atoms with Crippen molar-refractivity contribution in [3.8, 4) is 24.5 Å². The van der Waals surface area contributed by atoms with Crippen LogP contribution in [0.4, 0.5) is 0 Å². The summed E-state index contributed by atoms with van der Waals surface area (Å²) in [6.07, 6.45) is 12.1. The van der Waals surface area contributed by atoms with Gasteiger partial charge in [0.2, 0.25) is 0 Å². The van der Waals surface area contributed by atoms with Crippen molar-refractivity contribution in [1.82, 2.24) is 0 Å². The molecular formula is C14H14N2. The lowest BCUT2D eigenvalue weighted by Crippen LogP contribution is -2.25. The number of hydrogen-bond acceptors (Lipinski definition) is 2. The van der Waals surface area contributed by atoms with Gasteiger partial charge in [0.1, 0.15) is 0 Å². The molecule has 1 rings (SSSR count). The minimum Gasteiger partial charge on any atom is -0.196 e. The monoisotopic (exact) mass is 210 g/mol. The van der Waals surface area contributed by atoms with E-state index in [1.54, 1.807) is 0 Å². The summed E-state index contributed by atoms with van der Waals surface area (Å²) in [5, 5.41) is 18.5. The summed E-state index contributed by atoms with van der Waals surface area (Å²) in [6, 6.07) is 4.16. The third-order valence-electron chi connectivity index (χ3n) is 3.01. The molecule has 0 aromatic carbocycles. The van der Waals surface area contributed by atoms with E-state index in [0.29, 0.717) is 0 Å². The fraction of sp³-hybridized carbons (Fsp3) is 0.429. The summed E-state index contributed by atoms with van der Waals surface area (Å²) >= 11 is 0. The minimum absolute atomic E-state index is 0.112. The molecule has 0 bridgehead atoms. The number of hydrogen-bond donors (Lipinski definition) is 0. The van der Waals surface area contributed by atoms with Crippen molar-refractivity contribution in [2.45, 2.75) is 25.7 Å². The summed E-state index contributed by atoms with van der Waals surface area (Å²) in [5.74, 6) is 2.54. The molecule has 80 valence electrons. The highest BCUT2D eigenvalue weighted by molar-refractivity contribution is 5.38. The largest absolute Gasteiger partial charge is 0.196 e. The van der Waals surface area contributed by atoms with Gasteiger partial charge in [-0.15, -0.1) is 18.9 Å². The third kappa shape index (κ3) is 2.00. The molecule has 16 heavy (non-hydrogen) atoms. The van der Waals surface area contributed by atoms with Crippen LogP contribution < -0.4 is 0 Å². The average Bonchev–Trinajstić information content (AvgIpc) is 2.36. The summed E-state index contributed by atoms with van der Waals surface area (Å²) in [7, 11) is 0. The number of nitriles is 2. The van der Waals surface area contributed by atoms with Crippen LogP contribution in [0.25, 0.3) is 0 Å². The Bertz CT molecular complexity index is 409. The van der Waals surface area contributed by atoms with E-state index < -0.39 is 5.41 Å². The second-order valence-corrected chi connectivity index (χ2v) is 3.94. The first-order valence-electron chi connectivity index (χ1n) is 5.33. The molecule has 1 aliphatic carbocycles. The topological polar surface area (TPSA) is 47.6 Å². The molecule has 0 heterocycles. The van der Waals surface area contributed by atoms with Crippen LogP contribution in [-0.2, 0) is 0 Å². The maximum atomic E-state index is 9.23. The molecule has 0 saturated carbocycles. The fourth-order valence-electron chi connectivity index (χ4n) is 2.13. The molecule has 0 aliphatic heterocycles. The molecule has 2 heteroatoms. The van der Waals surface area contributed by atoms with Gasteiger partial charge in [-0.25, -0.2) is 0 Å². The van der Waals surface area contributed by atoms with Crippen LogP contribution >= 0.6 is 0 Å². The highest BCUT2D eigenvalue weighted by atomic mass is 14.4. The SMILES string of the molecule is C#CCC(C#N)(C#N)C1=CCCCC1C=C. The average molecular weight is 210 g/mol. The van der Waals surface area contributed by atoms with Crippen LogP contribution in [0.15, 0.2) is 24.3 Å². The zero-order valence-corrected chi connectivity index (χ0v) is 9.24. The normalized spacial score (nSPS) is 19.8. The molecule has 0 N–H and O–H groups in total. The van der Waals surface area contributed by atoms with E-state index in [0.717, 1.165) is 24.8 Å². The Balaban J connectivity index is 3.18. The second kappa shape index (κ2) is 5.20. The van der Waals surface area contributed by atoms with E-state index in [1.165, 1.54) is 0 Å². The number of terminal acetylenes is 1. The van der Waals surface area contributed by atoms with Gasteiger partial charge < -0.3 is 0 Å². The summed E-state index contributed by atoms with van der Waals surface area (Å²) in [6.45, 7) is 3.77. The quantitative estimate of drug-likeness (QED) is 0.531. The molecule has 0 aromatic heterocycles. The molecule has 0 amide bonds. The zero-order valence-electron chi connectivity index (χ0n) is 9.24. The Morgan fingerprint density at radius 3 is 2.75 bits per heavy atom. The Labute approximate surface area is 96.9 Å². The van der Waals surface area contributed by atoms with E-state index in [2.05, 4.69) is 24.6 Å². The van der Waals surface area contributed by atoms with Gasteiger partial charge in [-0.3, -0.25) is 0 Å². The summed E-state index contributed by atoms with van der Waals surface area (Å²) in [5.41, 5.74) is -0.315. The molecule has 1 unspecified atom stereocenters. The minimum atomic E-state index is -1.16. The highest BCUT2D eigenvalue weighted by Gasteiger charge is 2.37. The molecule has 1 atom stereocenters. The Hall–Kier alpha value is -1.98. The molecule has 0 fully saturated rings. The summed E-state index contributed by atoms with van der Waals surface area (Å²) in [4.78, 5) is 0.